The van der Waals surface area contributed by atoms with Gasteiger partial charge in [0.05, 0.1) is 17.8 Å². The van der Waals surface area contributed by atoms with Crippen molar-refractivity contribution in [3.05, 3.63) is 62.5 Å². The van der Waals surface area contributed by atoms with Crippen LogP contribution in [-0.4, -0.2) is 15.5 Å². The van der Waals surface area contributed by atoms with Crippen molar-refractivity contribution in [2.75, 3.05) is 0 Å². The van der Waals surface area contributed by atoms with E-state index in [9.17, 15) is 9.59 Å². The fraction of sp³-hybridized carbons (Fsp3) is 0.350. The molecule has 1 atom stereocenters. The molecular formula is C20H21N3O2S. The predicted octanol–water partition coefficient (Wildman–Crippen LogP) is 3.27. The number of hydrogen-bond acceptors (Lipinski definition) is 4. The van der Waals surface area contributed by atoms with Crippen LogP contribution < -0.4 is 10.9 Å². The summed E-state index contributed by atoms with van der Waals surface area (Å²) in [5, 5.41) is 3.73. The summed E-state index contributed by atoms with van der Waals surface area (Å²) in [4.78, 5) is 31.5. The highest BCUT2D eigenvalue weighted by Crippen LogP contribution is 2.29. The number of nitrogens with one attached hydrogen (secondary N) is 1. The molecule has 0 radical (unpaired) electrons. The average Bonchev–Trinajstić information content (AvgIpc) is 2.93. The first kappa shape index (κ1) is 17.0. The van der Waals surface area contributed by atoms with E-state index in [1.807, 2.05) is 26.0 Å². The summed E-state index contributed by atoms with van der Waals surface area (Å²) in [6.07, 6.45) is 4.52. The molecule has 0 bridgehead atoms. The highest BCUT2D eigenvalue weighted by atomic mass is 32.1. The Hall–Kier alpha value is -2.47. The molecule has 0 aliphatic heterocycles. The van der Waals surface area contributed by atoms with Crippen molar-refractivity contribution in [1.29, 1.82) is 0 Å². The number of carbonyl (C=O) groups excluding carboxylic acids is 1. The third-order valence-electron chi connectivity index (χ3n) is 5.17. The van der Waals surface area contributed by atoms with Crippen LogP contribution in [0.4, 0.5) is 0 Å². The van der Waals surface area contributed by atoms with Crippen molar-refractivity contribution in [2.45, 2.75) is 45.7 Å². The summed E-state index contributed by atoms with van der Waals surface area (Å²) in [6, 6.07) is 8.26. The third kappa shape index (κ3) is 2.94. The van der Waals surface area contributed by atoms with E-state index in [2.05, 4.69) is 22.4 Å². The van der Waals surface area contributed by atoms with Gasteiger partial charge >= 0.3 is 0 Å². The smallest absolute Gasteiger partial charge is 0.262 e. The molecule has 1 unspecified atom stereocenters. The zero-order valence-corrected chi connectivity index (χ0v) is 15.7. The van der Waals surface area contributed by atoms with Gasteiger partial charge in [-0.15, -0.1) is 11.3 Å². The van der Waals surface area contributed by atoms with E-state index in [1.165, 1.54) is 33.4 Å². The lowest BCUT2D eigenvalue weighted by molar-refractivity contribution is -0.122. The minimum Gasteiger partial charge on any atom is -0.348 e. The molecular weight excluding hydrogens is 346 g/mol. The largest absolute Gasteiger partial charge is 0.348 e. The molecule has 26 heavy (non-hydrogen) atoms. The van der Waals surface area contributed by atoms with Gasteiger partial charge in [0, 0.05) is 4.88 Å². The van der Waals surface area contributed by atoms with Crippen LogP contribution in [0.15, 0.2) is 35.4 Å². The van der Waals surface area contributed by atoms with E-state index in [0.29, 0.717) is 5.39 Å². The molecule has 0 spiro atoms. The van der Waals surface area contributed by atoms with Crippen LogP contribution in [0.5, 0.6) is 0 Å². The summed E-state index contributed by atoms with van der Waals surface area (Å²) in [5.41, 5.74) is 3.31. The Bertz CT molecular complexity index is 1050. The van der Waals surface area contributed by atoms with E-state index < -0.39 is 0 Å². The molecule has 0 fully saturated rings. The zero-order chi connectivity index (χ0) is 18.3. The second-order valence-corrected chi connectivity index (χ2v) is 8.06. The normalized spacial score (nSPS) is 16.5. The maximum absolute atomic E-state index is 12.7. The minimum atomic E-state index is -0.153. The Morgan fingerprint density at radius 3 is 3.00 bits per heavy atom. The Morgan fingerprint density at radius 1 is 1.35 bits per heavy atom. The van der Waals surface area contributed by atoms with Crippen LogP contribution in [0.25, 0.3) is 10.2 Å². The SMILES string of the molecule is Cc1sc2ncn(CC(=O)NC3CCCc4ccccc43)c(=O)c2c1C. The lowest BCUT2D eigenvalue weighted by atomic mass is 9.88. The number of amides is 1. The topological polar surface area (TPSA) is 64.0 Å². The lowest BCUT2D eigenvalue weighted by Gasteiger charge is -2.26. The molecule has 1 aliphatic rings. The maximum Gasteiger partial charge on any atom is 0.262 e. The number of thiophene rings is 1. The Labute approximate surface area is 155 Å². The minimum absolute atomic E-state index is 0.00518. The Balaban J connectivity index is 1.56. The van der Waals surface area contributed by atoms with E-state index in [1.54, 1.807) is 0 Å². The summed E-state index contributed by atoms with van der Waals surface area (Å²) in [7, 11) is 0. The monoisotopic (exact) mass is 367 g/mol. The summed E-state index contributed by atoms with van der Waals surface area (Å²) in [5.74, 6) is -0.153. The van der Waals surface area contributed by atoms with Gasteiger partial charge in [0.25, 0.3) is 5.56 Å². The van der Waals surface area contributed by atoms with Crippen LogP contribution in [0, 0.1) is 13.8 Å². The zero-order valence-electron chi connectivity index (χ0n) is 14.9. The number of fused-ring (bicyclic) bond motifs is 2. The first-order valence-electron chi connectivity index (χ1n) is 8.87. The van der Waals surface area contributed by atoms with Crippen LogP contribution in [0.2, 0.25) is 0 Å². The molecule has 3 aromatic rings. The van der Waals surface area contributed by atoms with Crippen LogP contribution >= 0.6 is 11.3 Å². The van der Waals surface area contributed by atoms with Crippen molar-refractivity contribution in [3.8, 4) is 0 Å². The predicted molar refractivity (Wildman–Crippen MR) is 104 cm³/mol. The molecule has 1 aliphatic carbocycles. The molecule has 134 valence electrons. The molecule has 1 aromatic carbocycles. The first-order valence-corrected chi connectivity index (χ1v) is 9.68. The average molecular weight is 367 g/mol. The van der Waals surface area contributed by atoms with Gasteiger partial charge in [-0.25, -0.2) is 4.98 Å². The van der Waals surface area contributed by atoms with E-state index in [4.69, 9.17) is 0 Å². The van der Waals surface area contributed by atoms with Crippen molar-refractivity contribution >= 4 is 27.5 Å². The second kappa shape index (κ2) is 6.68. The van der Waals surface area contributed by atoms with Crippen LogP contribution in [-0.2, 0) is 17.8 Å². The molecule has 1 N–H and O–H groups in total. The molecule has 5 nitrogen and oxygen atoms in total. The van der Waals surface area contributed by atoms with Crippen LogP contribution in [0.3, 0.4) is 0 Å². The third-order valence-corrected chi connectivity index (χ3v) is 6.29. The van der Waals surface area contributed by atoms with Crippen molar-refractivity contribution in [1.82, 2.24) is 14.9 Å². The standard InChI is InChI=1S/C20H21N3O2S/c1-12-13(2)26-19-18(12)20(25)23(11-21-19)10-17(24)22-16-9-5-7-14-6-3-4-8-15(14)16/h3-4,6,8,11,16H,5,7,9-10H2,1-2H3,(H,22,24). The van der Waals surface area contributed by atoms with Crippen molar-refractivity contribution < 1.29 is 4.79 Å². The first-order chi connectivity index (χ1) is 12.5. The Morgan fingerprint density at radius 2 is 2.15 bits per heavy atom. The molecule has 6 heteroatoms. The number of nitrogens with zero attached hydrogens (tertiary/aromatic N) is 2. The number of carbonyl (C=O) groups is 1. The molecule has 2 heterocycles. The highest BCUT2D eigenvalue weighted by Gasteiger charge is 2.22. The van der Waals surface area contributed by atoms with E-state index in [-0.39, 0.29) is 24.1 Å². The van der Waals surface area contributed by atoms with Gasteiger partial charge in [-0.2, -0.15) is 0 Å². The van der Waals surface area contributed by atoms with Gasteiger partial charge in [-0.1, -0.05) is 24.3 Å². The molecule has 0 saturated carbocycles. The number of aromatic nitrogens is 2. The molecule has 1 amide bonds. The van der Waals surface area contributed by atoms with Gasteiger partial charge in [-0.3, -0.25) is 14.2 Å². The lowest BCUT2D eigenvalue weighted by Crippen LogP contribution is -2.36. The van der Waals surface area contributed by atoms with Gasteiger partial charge in [0.2, 0.25) is 5.91 Å². The van der Waals surface area contributed by atoms with Crippen molar-refractivity contribution in [3.63, 3.8) is 0 Å². The maximum atomic E-state index is 12.7. The number of rotatable bonds is 3. The molecule has 0 saturated heterocycles. The van der Waals surface area contributed by atoms with Gasteiger partial charge in [0.1, 0.15) is 11.4 Å². The summed E-state index contributed by atoms with van der Waals surface area (Å²) < 4.78 is 1.41. The fourth-order valence-corrected chi connectivity index (χ4v) is 4.67. The van der Waals surface area contributed by atoms with Crippen LogP contribution in [0.1, 0.15) is 40.5 Å². The van der Waals surface area contributed by atoms with Gasteiger partial charge in [0.15, 0.2) is 0 Å². The molecule has 2 aromatic heterocycles. The van der Waals surface area contributed by atoms with E-state index >= 15 is 0 Å². The summed E-state index contributed by atoms with van der Waals surface area (Å²) in [6.45, 7) is 3.91. The summed E-state index contributed by atoms with van der Waals surface area (Å²) >= 11 is 1.52. The number of aryl methyl sites for hydroxylation is 3. The van der Waals surface area contributed by atoms with Gasteiger partial charge < -0.3 is 5.32 Å². The molecule has 4 rings (SSSR count). The van der Waals surface area contributed by atoms with Gasteiger partial charge in [-0.05, 0) is 49.8 Å². The van der Waals surface area contributed by atoms with E-state index in [0.717, 1.165) is 34.5 Å². The van der Waals surface area contributed by atoms with Crippen molar-refractivity contribution in [2.24, 2.45) is 0 Å². The highest BCUT2D eigenvalue weighted by molar-refractivity contribution is 7.18. The quantitative estimate of drug-likeness (QED) is 0.773. The number of hydrogen-bond donors (Lipinski definition) is 1. The fourth-order valence-electron chi connectivity index (χ4n) is 3.68. The Kier molecular flexibility index (Phi) is 4.36. The number of benzene rings is 1. The second-order valence-electron chi connectivity index (χ2n) is 6.85.